The summed E-state index contributed by atoms with van der Waals surface area (Å²) in [6, 6.07) is 9.34. The maximum absolute atomic E-state index is 12.5. The second kappa shape index (κ2) is 8.32. The first-order chi connectivity index (χ1) is 12.5. The van der Waals surface area contributed by atoms with Gasteiger partial charge >= 0.3 is 0 Å². The van der Waals surface area contributed by atoms with Crippen LogP contribution < -0.4 is 5.32 Å². The molecule has 0 radical (unpaired) electrons. The summed E-state index contributed by atoms with van der Waals surface area (Å²) in [5.74, 6) is -0.285. The van der Waals surface area contributed by atoms with Gasteiger partial charge in [-0.3, -0.25) is 9.59 Å². The quantitative estimate of drug-likeness (QED) is 0.786. The number of carbonyl (C=O) groups excluding carboxylic acids is 2. The maximum Gasteiger partial charge on any atom is 0.272 e. The van der Waals surface area contributed by atoms with Gasteiger partial charge in [0.25, 0.3) is 5.91 Å². The van der Waals surface area contributed by atoms with Crippen LogP contribution in [0.3, 0.4) is 0 Å². The van der Waals surface area contributed by atoms with Gasteiger partial charge in [0.1, 0.15) is 5.69 Å². The number of ether oxygens (including phenoxy) is 1. The van der Waals surface area contributed by atoms with E-state index in [1.54, 1.807) is 23.9 Å². The first-order valence-electron chi connectivity index (χ1n) is 9.22. The SMILES string of the molecule is CC(=O)c1cc(C(=O)Nc2cccc(COC3CCCCC3)c2)n(C)c1. The molecule has 1 fully saturated rings. The zero-order valence-electron chi connectivity index (χ0n) is 15.5. The van der Waals surface area contributed by atoms with Crippen molar-refractivity contribution in [2.45, 2.75) is 51.7 Å². The lowest BCUT2D eigenvalue weighted by molar-refractivity contribution is 0.0169. The zero-order valence-corrected chi connectivity index (χ0v) is 15.5. The third-order valence-corrected chi connectivity index (χ3v) is 4.87. The molecule has 3 rings (SSSR count). The molecular weight excluding hydrogens is 328 g/mol. The summed E-state index contributed by atoms with van der Waals surface area (Å²) in [7, 11) is 1.76. The molecule has 1 amide bonds. The Kier molecular flexibility index (Phi) is 5.89. The van der Waals surface area contributed by atoms with Crippen LogP contribution in [-0.2, 0) is 18.4 Å². The zero-order chi connectivity index (χ0) is 18.5. The molecule has 0 spiro atoms. The van der Waals surface area contributed by atoms with E-state index >= 15 is 0 Å². The molecule has 5 nitrogen and oxygen atoms in total. The van der Waals surface area contributed by atoms with E-state index in [0.29, 0.717) is 24.0 Å². The number of anilines is 1. The summed E-state index contributed by atoms with van der Waals surface area (Å²) in [4.78, 5) is 24.0. The highest BCUT2D eigenvalue weighted by atomic mass is 16.5. The van der Waals surface area contributed by atoms with Gasteiger partial charge in [0, 0.05) is 24.5 Å². The lowest BCUT2D eigenvalue weighted by Gasteiger charge is -2.22. The molecule has 0 atom stereocenters. The van der Waals surface area contributed by atoms with Crippen molar-refractivity contribution in [1.29, 1.82) is 0 Å². The minimum absolute atomic E-state index is 0.0542. The number of ketones is 1. The largest absolute Gasteiger partial charge is 0.374 e. The molecule has 1 saturated carbocycles. The van der Waals surface area contributed by atoms with Gasteiger partial charge in [-0.15, -0.1) is 0 Å². The molecule has 1 aliphatic rings. The van der Waals surface area contributed by atoms with Gasteiger partial charge < -0.3 is 14.6 Å². The molecule has 1 heterocycles. The Hall–Kier alpha value is -2.40. The fourth-order valence-corrected chi connectivity index (χ4v) is 3.36. The number of rotatable bonds is 6. The predicted molar refractivity (Wildman–Crippen MR) is 101 cm³/mol. The van der Waals surface area contributed by atoms with Crippen molar-refractivity contribution in [3.63, 3.8) is 0 Å². The molecule has 0 unspecified atom stereocenters. The molecule has 2 aromatic rings. The van der Waals surface area contributed by atoms with Crippen LogP contribution in [-0.4, -0.2) is 22.4 Å². The van der Waals surface area contributed by atoms with E-state index in [4.69, 9.17) is 4.74 Å². The van der Waals surface area contributed by atoms with Crippen molar-refractivity contribution < 1.29 is 14.3 Å². The van der Waals surface area contributed by atoms with E-state index in [9.17, 15) is 9.59 Å². The third kappa shape index (κ3) is 4.61. The van der Waals surface area contributed by atoms with Crippen LogP contribution in [0.15, 0.2) is 36.5 Å². The standard InChI is InChI=1S/C21H26N2O3/c1-15(24)17-12-20(23(2)13-17)21(25)22-18-8-6-7-16(11-18)14-26-19-9-4-3-5-10-19/h6-8,11-13,19H,3-5,9-10,14H2,1-2H3,(H,22,25). The molecule has 0 bridgehead atoms. The van der Waals surface area contributed by atoms with Crippen LogP contribution >= 0.6 is 0 Å². The highest BCUT2D eigenvalue weighted by Gasteiger charge is 2.15. The average molecular weight is 354 g/mol. The van der Waals surface area contributed by atoms with Gasteiger partial charge in [-0.2, -0.15) is 0 Å². The summed E-state index contributed by atoms with van der Waals surface area (Å²) < 4.78 is 7.68. The number of aromatic nitrogens is 1. The average Bonchev–Trinajstić information content (AvgIpc) is 3.03. The fourth-order valence-electron chi connectivity index (χ4n) is 3.36. The Bertz CT molecular complexity index is 788. The van der Waals surface area contributed by atoms with Gasteiger partial charge in [0.2, 0.25) is 0 Å². The van der Waals surface area contributed by atoms with Crippen LogP contribution in [0.4, 0.5) is 5.69 Å². The monoisotopic (exact) mass is 354 g/mol. The van der Waals surface area contributed by atoms with E-state index in [2.05, 4.69) is 5.32 Å². The molecule has 5 heteroatoms. The van der Waals surface area contributed by atoms with Crippen LogP contribution in [0, 0.1) is 0 Å². The molecular formula is C21H26N2O3. The highest BCUT2D eigenvalue weighted by molar-refractivity contribution is 6.05. The van der Waals surface area contributed by atoms with Gasteiger partial charge in [0.15, 0.2) is 5.78 Å². The maximum atomic E-state index is 12.5. The third-order valence-electron chi connectivity index (χ3n) is 4.87. The number of hydrogen-bond donors (Lipinski definition) is 1. The minimum atomic E-state index is -0.231. The van der Waals surface area contributed by atoms with E-state index in [1.807, 2.05) is 24.3 Å². The summed E-state index contributed by atoms with van der Waals surface area (Å²) in [6.45, 7) is 2.06. The van der Waals surface area contributed by atoms with Gasteiger partial charge in [0.05, 0.1) is 12.7 Å². The van der Waals surface area contributed by atoms with Gasteiger partial charge in [-0.25, -0.2) is 0 Å². The molecule has 1 N–H and O–H groups in total. The van der Waals surface area contributed by atoms with Crippen molar-refractivity contribution in [3.05, 3.63) is 53.3 Å². The smallest absolute Gasteiger partial charge is 0.272 e. The van der Waals surface area contributed by atoms with Crippen LogP contribution in [0.5, 0.6) is 0 Å². The first kappa shape index (κ1) is 18.4. The van der Waals surface area contributed by atoms with E-state index in [1.165, 1.54) is 26.2 Å². The summed E-state index contributed by atoms with van der Waals surface area (Å²) in [5, 5.41) is 2.90. The van der Waals surface area contributed by atoms with E-state index < -0.39 is 0 Å². The minimum Gasteiger partial charge on any atom is -0.374 e. The van der Waals surface area contributed by atoms with E-state index in [-0.39, 0.29) is 11.7 Å². The number of amides is 1. The predicted octanol–water partition coefficient (Wildman–Crippen LogP) is 4.33. The van der Waals surface area contributed by atoms with Crippen LogP contribution in [0.1, 0.15) is 65.4 Å². The van der Waals surface area contributed by atoms with Crippen molar-refractivity contribution in [1.82, 2.24) is 4.57 Å². The van der Waals surface area contributed by atoms with Crippen LogP contribution in [0.2, 0.25) is 0 Å². The summed E-state index contributed by atoms with van der Waals surface area (Å²) >= 11 is 0. The molecule has 0 saturated heterocycles. The Morgan fingerprint density at radius 2 is 1.96 bits per heavy atom. The van der Waals surface area contributed by atoms with E-state index in [0.717, 1.165) is 24.1 Å². The number of Topliss-reactive ketones (excluding diaryl/α,β-unsaturated/α-hetero) is 1. The molecule has 1 aliphatic carbocycles. The van der Waals surface area contributed by atoms with Crippen molar-refractivity contribution >= 4 is 17.4 Å². The second-order valence-corrected chi connectivity index (χ2v) is 7.01. The molecule has 1 aromatic carbocycles. The second-order valence-electron chi connectivity index (χ2n) is 7.01. The van der Waals surface area contributed by atoms with Gasteiger partial charge in [-0.1, -0.05) is 31.4 Å². The summed E-state index contributed by atoms with van der Waals surface area (Å²) in [5.41, 5.74) is 2.77. The Morgan fingerprint density at radius 1 is 1.19 bits per heavy atom. The number of nitrogens with one attached hydrogen (secondary N) is 1. The van der Waals surface area contributed by atoms with Crippen molar-refractivity contribution in [2.75, 3.05) is 5.32 Å². The van der Waals surface area contributed by atoms with Crippen LogP contribution in [0.25, 0.3) is 0 Å². The number of benzene rings is 1. The lowest BCUT2D eigenvalue weighted by atomic mass is 9.98. The fraction of sp³-hybridized carbons (Fsp3) is 0.429. The Morgan fingerprint density at radius 3 is 2.65 bits per heavy atom. The molecule has 0 aliphatic heterocycles. The lowest BCUT2D eigenvalue weighted by Crippen LogP contribution is -2.17. The molecule has 138 valence electrons. The highest BCUT2D eigenvalue weighted by Crippen LogP contribution is 2.22. The summed E-state index contributed by atoms with van der Waals surface area (Å²) in [6.07, 6.45) is 8.12. The van der Waals surface area contributed by atoms with Crippen molar-refractivity contribution in [2.24, 2.45) is 7.05 Å². The first-order valence-corrected chi connectivity index (χ1v) is 9.22. The normalized spacial score (nSPS) is 15.0. The Balaban J connectivity index is 1.62. The molecule has 26 heavy (non-hydrogen) atoms. The Labute approximate surface area is 154 Å². The number of hydrogen-bond acceptors (Lipinski definition) is 3. The number of aryl methyl sites for hydroxylation is 1. The van der Waals surface area contributed by atoms with Gasteiger partial charge in [-0.05, 0) is 43.5 Å². The van der Waals surface area contributed by atoms with Crippen molar-refractivity contribution in [3.8, 4) is 0 Å². The number of nitrogens with zero attached hydrogens (tertiary/aromatic N) is 1. The topological polar surface area (TPSA) is 60.3 Å². The molecule has 1 aromatic heterocycles. The number of carbonyl (C=O) groups is 2.